The molecule has 0 atom stereocenters. The maximum Gasteiger partial charge on any atom is 0.287 e. The van der Waals surface area contributed by atoms with E-state index in [1.807, 2.05) is 49.4 Å². The maximum atomic E-state index is 12.9. The van der Waals surface area contributed by atoms with Gasteiger partial charge in [0.2, 0.25) is 6.79 Å². The van der Waals surface area contributed by atoms with Crippen molar-refractivity contribution in [2.24, 2.45) is 5.10 Å². The summed E-state index contributed by atoms with van der Waals surface area (Å²) >= 11 is 0. The van der Waals surface area contributed by atoms with Gasteiger partial charge in [0.05, 0.1) is 6.21 Å². The fourth-order valence-corrected chi connectivity index (χ4v) is 3.24. The molecule has 170 valence electrons. The predicted octanol–water partition coefficient (Wildman–Crippen LogP) is 4.28. The van der Waals surface area contributed by atoms with Crippen LogP contribution in [0.2, 0.25) is 0 Å². The van der Waals surface area contributed by atoms with Crippen molar-refractivity contribution in [3.8, 4) is 11.5 Å². The molecule has 3 aromatic rings. The number of hydrogen-bond donors (Lipinski definition) is 2. The molecule has 0 unspecified atom stereocenters. The molecule has 2 N–H and O–H groups in total. The van der Waals surface area contributed by atoms with Crippen molar-refractivity contribution < 1.29 is 19.1 Å². The highest BCUT2D eigenvalue weighted by Gasteiger charge is 2.15. The standard InChI is InChI=1S/C27H23N3O4/c1-19(14-20-8-4-2-5-9-20)15-23(29-26(31)22-10-6-3-7-11-22)27(32)30-28-17-21-12-13-24-25(16-21)34-18-33-24/h2-17H,18H2,1H3,(H,29,31)(H,30,32)/b19-14-,23-15-,28-17?. The van der Waals surface area contributed by atoms with Gasteiger partial charge in [0, 0.05) is 5.56 Å². The minimum Gasteiger partial charge on any atom is -0.454 e. The van der Waals surface area contributed by atoms with Crippen molar-refractivity contribution in [1.82, 2.24) is 10.7 Å². The summed E-state index contributed by atoms with van der Waals surface area (Å²) in [5.74, 6) is 0.333. The number of carbonyl (C=O) groups excluding carboxylic acids is 2. The zero-order valence-corrected chi connectivity index (χ0v) is 18.5. The van der Waals surface area contributed by atoms with Crippen molar-refractivity contribution in [2.75, 3.05) is 6.79 Å². The molecule has 0 aromatic heterocycles. The number of allylic oxidation sites excluding steroid dienone is 2. The first kappa shape index (κ1) is 22.5. The van der Waals surface area contributed by atoms with Crippen LogP contribution >= 0.6 is 0 Å². The minimum atomic E-state index is -0.554. The number of carbonyl (C=O) groups is 2. The van der Waals surface area contributed by atoms with E-state index in [4.69, 9.17) is 9.47 Å². The van der Waals surface area contributed by atoms with Gasteiger partial charge in [-0.05, 0) is 60.0 Å². The molecule has 1 aliphatic rings. The van der Waals surface area contributed by atoms with Crippen LogP contribution in [0.1, 0.15) is 28.4 Å². The zero-order chi connectivity index (χ0) is 23.8. The second-order valence-electron chi connectivity index (χ2n) is 7.49. The number of benzene rings is 3. The minimum absolute atomic E-state index is 0.0707. The molecular formula is C27H23N3O4. The van der Waals surface area contributed by atoms with Crippen molar-refractivity contribution in [2.45, 2.75) is 6.92 Å². The Morgan fingerprint density at radius 1 is 0.882 bits per heavy atom. The topological polar surface area (TPSA) is 89.0 Å². The molecule has 1 heterocycles. The molecule has 3 aromatic carbocycles. The Bertz CT molecular complexity index is 1270. The third-order valence-corrected chi connectivity index (χ3v) is 4.87. The van der Waals surface area contributed by atoms with E-state index in [0.29, 0.717) is 17.1 Å². The van der Waals surface area contributed by atoms with E-state index in [1.165, 1.54) is 6.21 Å². The third-order valence-electron chi connectivity index (χ3n) is 4.87. The number of amides is 2. The Kier molecular flexibility index (Phi) is 7.15. The third kappa shape index (κ3) is 5.98. The molecule has 0 saturated carbocycles. The lowest BCUT2D eigenvalue weighted by Gasteiger charge is -2.09. The highest BCUT2D eigenvalue weighted by Crippen LogP contribution is 2.31. The van der Waals surface area contributed by atoms with Crippen LogP contribution in [0.15, 0.2) is 101 Å². The summed E-state index contributed by atoms with van der Waals surface area (Å²) < 4.78 is 10.6. The first-order valence-corrected chi connectivity index (χ1v) is 10.6. The van der Waals surface area contributed by atoms with Gasteiger partial charge in [0.1, 0.15) is 5.70 Å². The van der Waals surface area contributed by atoms with Gasteiger partial charge in [0.25, 0.3) is 11.8 Å². The van der Waals surface area contributed by atoms with Gasteiger partial charge in [-0.15, -0.1) is 0 Å². The predicted molar refractivity (Wildman–Crippen MR) is 130 cm³/mol. The van der Waals surface area contributed by atoms with E-state index in [-0.39, 0.29) is 12.5 Å². The van der Waals surface area contributed by atoms with E-state index in [0.717, 1.165) is 16.7 Å². The SMILES string of the molecule is CC(=C/c1ccccc1)/C=C(\NC(=O)c1ccccc1)C(=O)NN=Cc1ccc2c(c1)OCO2. The Morgan fingerprint density at radius 2 is 1.59 bits per heavy atom. The summed E-state index contributed by atoms with van der Waals surface area (Å²) in [6, 6.07) is 23.7. The number of hydrazone groups is 1. The average Bonchev–Trinajstić information content (AvgIpc) is 3.32. The number of rotatable bonds is 7. The van der Waals surface area contributed by atoms with Gasteiger partial charge in [-0.2, -0.15) is 5.10 Å². The summed E-state index contributed by atoms with van der Waals surface area (Å²) in [5, 5.41) is 6.72. The van der Waals surface area contributed by atoms with E-state index >= 15 is 0 Å². The van der Waals surface area contributed by atoms with Gasteiger partial charge in [0.15, 0.2) is 11.5 Å². The average molecular weight is 453 g/mol. The molecule has 0 saturated heterocycles. The van der Waals surface area contributed by atoms with Gasteiger partial charge < -0.3 is 14.8 Å². The second-order valence-corrected chi connectivity index (χ2v) is 7.49. The highest BCUT2D eigenvalue weighted by atomic mass is 16.7. The van der Waals surface area contributed by atoms with Gasteiger partial charge >= 0.3 is 0 Å². The van der Waals surface area contributed by atoms with Crippen LogP contribution < -0.4 is 20.2 Å². The molecule has 0 radical (unpaired) electrons. The Morgan fingerprint density at radius 3 is 2.35 bits per heavy atom. The zero-order valence-electron chi connectivity index (χ0n) is 18.5. The summed E-state index contributed by atoms with van der Waals surface area (Å²) in [4.78, 5) is 25.6. The monoisotopic (exact) mass is 453 g/mol. The largest absolute Gasteiger partial charge is 0.454 e. The molecule has 0 bridgehead atoms. The Labute approximate surface area is 197 Å². The molecule has 34 heavy (non-hydrogen) atoms. The van der Waals surface area contributed by atoms with Crippen LogP contribution in [0, 0.1) is 0 Å². The van der Waals surface area contributed by atoms with Crippen molar-refractivity contribution >= 4 is 24.1 Å². The van der Waals surface area contributed by atoms with Gasteiger partial charge in [-0.25, -0.2) is 5.43 Å². The van der Waals surface area contributed by atoms with Crippen LogP contribution in [-0.4, -0.2) is 24.8 Å². The second kappa shape index (κ2) is 10.8. The fraction of sp³-hybridized carbons (Fsp3) is 0.0741. The van der Waals surface area contributed by atoms with E-state index < -0.39 is 11.8 Å². The number of ether oxygens (including phenoxy) is 2. The van der Waals surface area contributed by atoms with Crippen LogP contribution in [0.4, 0.5) is 0 Å². The van der Waals surface area contributed by atoms with Crippen LogP contribution in [0.25, 0.3) is 6.08 Å². The maximum absolute atomic E-state index is 12.9. The van der Waals surface area contributed by atoms with Gasteiger partial charge in [-0.3, -0.25) is 9.59 Å². The first-order valence-electron chi connectivity index (χ1n) is 10.6. The normalized spacial score (nSPS) is 13.1. The summed E-state index contributed by atoms with van der Waals surface area (Å²) in [7, 11) is 0. The smallest absolute Gasteiger partial charge is 0.287 e. The van der Waals surface area contributed by atoms with Gasteiger partial charge in [-0.1, -0.05) is 54.6 Å². The van der Waals surface area contributed by atoms with Crippen molar-refractivity contribution in [1.29, 1.82) is 0 Å². The number of nitrogens with zero attached hydrogens (tertiary/aromatic N) is 1. The number of hydrogen-bond acceptors (Lipinski definition) is 5. The lowest BCUT2D eigenvalue weighted by Crippen LogP contribution is -2.33. The van der Waals surface area contributed by atoms with Crippen molar-refractivity contribution in [3.05, 3.63) is 113 Å². The molecule has 2 amide bonds. The molecule has 7 heteroatoms. The van der Waals surface area contributed by atoms with Crippen LogP contribution in [0.3, 0.4) is 0 Å². The summed E-state index contributed by atoms with van der Waals surface area (Å²) in [6.07, 6.45) is 5.01. The molecule has 0 fully saturated rings. The molecule has 4 rings (SSSR count). The van der Waals surface area contributed by atoms with Crippen LogP contribution in [-0.2, 0) is 4.79 Å². The quantitative estimate of drug-likeness (QED) is 0.242. The number of nitrogens with one attached hydrogen (secondary N) is 2. The van der Waals surface area contributed by atoms with Crippen molar-refractivity contribution in [3.63, 3.8) is 0 Å². The molecular weight excluding hydrogens is 430 g/mol. The summed E-state index contributed by atoms with van der Waals surface area (Å²) in [5.41, 5.74) is 5.47. The molecule has 0 spiro atoms. The molecule has 7 nitrogen and oxygen atoms in total. The highest BCUT2D eigenvalue weighted by molar-refractivity contribution is 6.03. The molecule has 1 aliphatic heterocycles. The van der Waals surface area contributed by atoms with E-state index in [2.05, 4.69) is 15.8 Å². The lowest BCUT2D eigenvalue weighted by atomic mass is 10.1. The Hall–Kier alpha value is -4.65. The first-order chi connectivity index (χ1) is 16.6. The van der Waals surface area contributed by atoms with E-state index in [9.17, 15) is 9.59 Å². The lowest BCUT2D eigenvalue weighted by molar-refractivity contribution is -0.117. The Balaban J connectivity index is 1.51. The molecule has 0 aliphatic carbocycles. The fourth-order valence-electron chi connectivity index (χ4n) is 3.24. The van der Waals surface area contributed by atoms with E-state index in [1.54, 1.807) is 48.5 Å². The summed E-state index contributed by atoms with van der Waals surface area (Å²) in [6.45, 7) is 2.03. The number of fused-ring (bicyclic) bond motifs is 1. The van der Waals surface area contributed by atoms with Crippen LogP contribution in [0.5, 0.6) is 11.5 Å².